The van der Waals surface area contributed by atoms with Crippen LogP contribution in [0.2, 0.25) is 0 Å². The average Bonchev–Trinajstić information content (AvgIpc) is 3.43. The van der Waals surface area contributed by atoms with E-state index in [1.165, 1.54) is 55.4 Å². The number of aromatic nitrogens is 2. The lowest BCUT2D eigenvalue weighted by molar-refractivity contribution is 1.17. The lowest BCUT2D eigenvalue weighted by Crippen LogP contribution is -1.95. The van der Waals surface area contributed by atoms with Crippen LogP contribution >= 0.6 is 0 Å². The molecule has 7 aromatic rings. The molecule has 0 fully saturated rings. The SMILES string of the molecule is c1ccc(-c2cccc(-n3c4ccccc4c4c(-c5ccccc5)n5ccccc5c43)c2)cc1. The number of pyridine rings is 1. The van der Waals surface area contributed by atoms with Crippen molar-refractivity contribution >= 4 is 27.3 Å². The van der Waals surface area contributed by atoms with Crippen molar-refractivity contribution in [2.75, 3.05) is 0 Å². The van der Waals surface area contributed by atoms with Crippen LogP contribution in [0.3, 0.4) is 0 Å². The summed E-state index contributed by atoms with van der Waals surface area (Å²) in [7, 11) is 0. The van der Waals surface area contributed by atoms with Gasteiger partial charge in [-0.3, -0.25) is 0 Å². The normalized spacial score (nSPS) is 11.5. The molecule has 0 aliphatic carbocycles. The number of rotatable bonds is 3. The topological polar surface area (TPSA) is 9.34 Å². The monoisotopic (exact) mass is 434 g/mol. The Hall–Kier alpha value is -4.56. The molecule has 0 saturated heterocycles. The van der Waals surface area contributed by atoms with E-state index in [0.29, 0.717) is 0 Å². The van der Waals surface area contributed by atoms with Gasteiger partial charge in [0.15, 0.2) is 0 Å². The molecule has 0 spiro atoms. The number of hydrogen-bond donors (Lipinski definition) is 0. The molecular weight excluding hydrogens is 412 g/mol. The Labute approximate surface area is 198 Å². The molecule has 3 aromatic heterocycles. The zero-order valence-corrected chi connectivity index (χ0v) is 18.6. The minimum absolute atomic E-state index is 1.17. The van der Waals surface area contributed by atoms with Gasteiger partial charge in [-0.2, -0.15) is 0 Å². The third-order valence-corrected chi connectivity index (χ3v) is 6.71. The predicted octanol–water partition coefficient (Wildman–Crippen LogP) is 8.37. The Morgan fingerprint density at radius 3 is 1.94 bits per heavy atom. The summed E-state index contributed by atoms with van der Waals surface area (Å²) in [6.07, 6.45) is 2.18. The summed E-state index contributed by atoms with van der Waals surface area (Å²) in [5.74, 6) is 0. The highest BCUT2D eigenvalue weighted by molar-refractivity contribution is 6.20. The number of benzene rings is 4. The van der Waals surface area contributed by atoms with E-state index in [0.717, 1.165) is 0 Å². The van der Waals surface area contributed by atoms with Crippen molar-refractivity contribution in [2.24, 2.45) is 0 Å². The van der Waals surface area contributed by atoms with E-state index in [4.69, 9.17) is 0 Å². The fraction of sp³-hybridized carbons (Fsp3) is 0. The second-order valence-electron chi connectivity index (χ2n) is 8.66. The van der Waals surface area contributed by atoms with Crippen LogP contribution in [-0.4, -0.2) is 8.97 Å². The Bertz CT molecular complexity index is 1780. The van der Waals surface area contributed by atoms with E-state index in [2.05, 4.69) is 143 Å². The van der Waals surface area contributed by atoms with Crippen molar-refractivity contribution < 1.29 is 0 Å². The van der Waals surface area contributed by atoms with E-state index in [-0.39, 0.29) is 0 Å². The van der Waals surface area contributed by atoms with E-state index in [1.54, 1.807) is 0 Å². The zero-order chi connectivity index (χ0) is 22.5. The van der Waals surface area contributed by atoms with Gasteiger partial charge in [-0.1, -0.05) is 97.1 Å². The van der Waals surface area contributed by atoms with Gasteiger partial charge in [0.05, 0.1) is 22.2 Å². The summed E-state index contributed by atoms with van der Waals surface area (Å²) in [5, 5.41) is 2.56. The first-order chi connectivity index (χ1) is 16.9. The molecule has 0 amide bonds. The summed E-state index contributed by atoms with van der Waals surface area (Å²) < 4.78 is 4.77. The minimum atomic E-state index is 1.17. The second kappa shape index (κ2) is 7.50. The van der Waals surface area contributed by atoms with E-state index in [9.17, 15) is 0 Å². The van der Waals surface area contributed by atoms with Crippen LogP contribution in [-0.2, 0) is 0 Å². The first-order valence-electron chi connectivity index (χ1n) is 11.6. The molecule has 0 unspecified atom stereocenters. The molecule has 4 aromatic carbocycles. The highest BCUT2D eigenvalue weighted by atomic mass is 15.0. The standard InChI is InChI=1S/C32H22N2/c1-3-12-23(13-4-1)25-16-11-17-26(22-25)34-28-19-8-7-18-27(28)30-31(24-14-5-2-6-15-24)33-21-10-9-20-29(33)32(30)34/h1-22H. The largest absolute Gasteiger partial charge is 0.314 e. The fourth-order valence-electron chi connectivity index (χ4n) is 5.28. The predicted molar refractivity (Wildman–Crippen MR) is 143 cm³/mol. The Balaban J connectivity index is 1.63. The van der Waals surface area contributed by atoms with Crippen molar-refractivity contribution in [3.63, 3.8) is 0 Å². The highest BCUT2D eigenvalue weighted by Crippen LogP contribution is 2.42. The Morgan fingerprint density at radius 1 is 0.471 bits per heavy atom. The lowest BCUT2D eigenvalue weighted by atomic mass is 10.1. The summed E-state index contributed by atoms with van der Waals surface area (Å²) in [6.45, 7) is 0. The van der Waals surface area contributed by atoms with Gasteiger partial charge in [0.25, 0.3) is 0 Å². The van der Waals surface area contributed by atoms with Crippen molar-refractivity contribution in [1.29, 1.82) is 0 Å². The molecular formula is C32H22N2. The van der Waals surface area contributed by atoms with Crippen LogP contribution in [0, 0.1) is 0 Å². The second-order valence-corrected chi connectivity index (χ2v) is 8.66. The molecule has 0 bridgehead atoms. The van der Waals surface area contributed by atoms with Crippen molar-refractivity contribution in [2.45, 2.75) is 0 Å². The molecule has 34 heavy (non-hydrogen) atoms. The molecule has 2 nitrogen and oxygen atoms in total. The fourth-order valence-corrected chi connectivity index (χ4v) is 5.28. The van der Waals surface area contributed by atoms with Gasteiger partial charge in [0, 0.05) is 22.7 Å². The van der Waals surface area contributed by atoms with Crippen LogP contribution < -0.4 is 0 Å². The molecule has 2 heteroatoms. The first-order valence-corrected chi connectivity index (χ1v) is 11.6. The van der Waals surface area contributed by atoms with Crippen LogP contribution in [0.5, 0.6) is 0 Å². The maximum Gasteiger partial charge on any atom is 0.0803 e. The van der Waals surface area contributed by atoms with Gasteiger partial charge in [0.1, 0.15) is 0 Å². The van der Waals surface area contributed by atoms with E-state index < -0.39 is 0 Å². The van der Waals surface area contributed by atoms with Gasteiger partial charge in [-0.15, -0.1) is 0 Å². The smallest absolute Gasteiger partial charge is 0.0803 e. The maximum atomic E-state index is 2.43. The Kier molecular flexibility index (Phi) is 4.18. The van der Waals surface area contributed by atoms with Gasteiger partial charge in [0.2, 0.25) is 0 Å². The quantitative estimate of drug-likeness (QED) is 0.264. The zero-order valence-electron chi connectivity index (χ0n) is 18.6. The molecule has 3 heterocycles. The molecule has 0 aliphatic rings. The number of hydrogen-bond acceptors (Lipinski definition) is 0. The van der Waals surface area contributed by atoms with Gasteiger partial charge >= 0.3 is 0 Å². The van der Waals surface area contributed by atoms with E-state index in [1.807, 2.05) is 0 Å². The van der Waals surface area contributed by atoms with Crippen LogP contribution in [0.15, 0.2) is 134 Å². The number of para-hydroxylation sites is 1. The summed E-state index contributed by atoms with van der Waals surface area (Å²) in [6, 6.07) is 45.4. The van der Waals surface area contributed by atoms with Crippen molar-refractivity contribution in [3.8, 4) is 28.1 Å². The summed E-state index contributed by atoms with van der Waals surface area (Å²) in [5.41, 5.74) is 9.74. The maximum absolute atomic E-state index is 2.43. The molecule has 0 radical (unpaired) electrons. The number of nitrogens with zero attached hydrogens (tertiary/aromatic N) is 2. The highest BCUT2D eigenvalue weighted by Gasteiger charge is 2.22. The molecule has 0 aliphatic heterocycles. The molecule has 0 N–H and O–H groups in total. The van der Waals surface area contributed by atoms with Crippen LogP contribution in [0.1, 0.15) is 0 Å². The average molecular weight is 435 g/mol. The first kappa shape index (κ1) is 19.0. The number of fused-ring (bicyclic) bond motifs is 5. The van der Waals surface area contributed by atoms with Gasteiger partial charge in [-0.25, -0.2) is 0 Å². The van der Waals surface area contributed by atoms with Gasteiger partial charge < -0.3 is 8.97 Å². The Morgan fingerprint density at radius 2 is 1.12 bits per heavy atom. The van der Waals surface area contributed by atoms with Crippen molar-refractivity contribution in [1.82, 2.24) is 8.97 Å². The molecule has 7 rings (SSSR count). The third kappa shape index (κ3) is 2.76. The van der Waals surface area contributed by atoms with Crippen LogP contribution in [0.25, 0.3) is 55.4 Å². The molecule has 160 valence electrons. The summed E-state index contributed by atoms with van der Waals surface area (Å²) in [4.78, 5) is 0. The van der Waals surface area contributed by atoms with E-state index >= 15 is 0 Å². The third-order valence-electron chi connectivity index (χ3n) is 6.71. The minimum Gasteiger partial charge on any atom is -0.314 e. The van der Waals surface area contributed by atoms with Gasteiger partial charge in [-0.05, 0) is 47.0 Å². The molecule has 0 atom stereocenters. The molecule has 0 saturated carbocycles. The van der Waals surface area contributed by atoms with Crippen molar-refractivity contribution in [3.05, 3.63) is 134 Å². The van der Waals surface area contributed by atoms with Crippen LogP contribution in [0.4, 0.5) is 0 Å². The lowest BCUT2D eigenvalue weighted by Gasteiger charge is -2.11. The summed E-state index contributed by atoms with van der Waals surface area (Å²) >= 11 is 0.